The van der Waals surface area contributed by atoms with Crippen molar-refractivity contribution >= 4 is 23.2 Å². The zero-order valence-electron chi connectivity index (χ0n) is 10.8. The van der Waals surface area contributed by atoms with Crippen molar-refractivity contribution in [2.24, 2.45) is 5.92 Å². The summed E-state index contributed by atoms with van der Waals surface area (Å²) in [6, 6.07) is 14.9. The maximum Gasteiger partial charge on any atom is 0.231 e. The summed E-state index contributed by atoms with van der Waals surface area (Å²) in [6.45, 7) is 0.413. The normalized spacial score (nSPS) is 16.9. The molecule has 0 fully saturated rings. The van der Waals surface area contributed by atoms with Crippen molar-refractivity contribution in [2.75, 3.05) is 11.9 Å². The first-order valence-corrected chi connectivity index (χ1v) is 6.87. The molecule has 0 unspecified atom stereocenters. The molecule has 1 aliphatic heterocycles. The van der Waals surface area contributed by atoms with E-state index in [1.165, 1.54) is 0 Å². The van der Waals surface area contributed by atoms with Gasteiger partial charge in [0, 0.05) is 10.7 Å². The van der Waals surface area contributed by atoms with Crippen LogP contribution in [-0.4, -0.2) is 12.5 Å². The second kappa shape index (κ2) is 5.55. The second-order valence-corrected chi connectivity index (χ2v) is 5.25. The number of hydrogen-bond donors (Lipinski definition) is 1. The standard InChI is InChI=1S/C16H14ClNO2/c17-13-5-7-14(8-6-13)18-16(19)12-9-11-3-1-2-4-15(11)20-10-12/h1-8,12H,9-10H2,(H,18,19)/t12-/m0/s1. The van der Waals surface area contributed by atoms with Crippen LogP contribution in [0, 0.1) is 5.92 Å². The maximum atomic E-state index is 12.2. The summed E-state index contributed by atoms with van der Waals surface area (Å²) >= 11 is 5.82. The number of fused-ring (bicyclic) bond motifs is 1. The molecular weight excluding hydrogens is 274 g/mol. The highest BCUT2D eigenvalue weighted by atomic mass is 35.5. The molecule has 0 spiro atoms. The number of halogens is 1. The highest BCUT2D eigenvalue weighted by Gasteiger charge is 2.25. The quantitative estimate of drug-likeness (QED) is 0.917. The Balaban J connectivity index is 1.68. The minimum Gasteiger partial charge on any atom is -0.492 e. The predicted molar refractivity (Wildman–Crippen MR) is 79.2 cm³/mol. The first-order chi connectivity index (χ1) is 9.72. The van der Waals surface area contributed by atoms with Gasteiger partial charge in [-0.1, -0.05) is 29.8 Å². The third kappa shape index (κ3) is 2.78. The van der Waals surface area contributed by atoms with Gasteiger partial charge in [-0.25, -0.2) is 0 Å². The number of carbonyl (C=O) groups is 1. The highest BCUT2D eigenvalue weighted by molar-refractivity contribution is 6.30. The van der Waals surface area contributed by atoms with Crippen LogP contribution < -0.4 is 10.1 Å². The summed E-state index contributed by atoms with van der Waals surface area (Å²) in [5.41, 5.74) is 1.83. The van der Waals surface area contributed by atoms with Crippen molar-refractivity contribution in [1.82, 2.24) is 0 Å². The molecule has 1 heterocycles. The monoisotopic (exact) mass is 287 g/mol. The summed E-state index contributed by atoms with van der Waals surface area (Å²) in [6.07, 6.45) is 0.704. The van der Waals surface area contributed by atoms with Gasteiger partial charge < -0.3 is 10.1 Å². The molecule has 0 saturated heterocycles. The Morgan fingerprint density at radius 3 is 2.70 bits per heavy atom. The molecule has 2 aromatic rings. The maximum absolute atomic E-state index is 12.2. The van der Waals surface area contributed by atoms with Crippen LogP contribution in [0.25, 0.3) is 0 Å². The van der Waals surface area contributed by atoms with Gasteiger partial charge in [-0.05, 0) is 42.3 Å². The Morgan fingerprint density at radius 2 is 1.90 bits per heavy atom. The van der Waals surface area contributed by atoms with Crippen LogP contribution in [0.5, 0.6) is 5.75 Å². The number of carbonyl (C=O) groups excluding carboxylic acids is 1. The number of hydrogen-bond acceptors (Lipinski definition) is 2. The van der Waals surface area contributed by atoms with Crippen LogP contribution in [-0.2, 0) is 11.2 Å². The zero-order chi connectivity index (χ0) is 13.9. The third-order valence-electron chi connectivity index (χ3n) is 3.36. The lowest BCUT2D eigenvalue weighted by Gasteiger charge is -2.24. The molecule has 0 radical (unpaired) electrons. The number of rotatable bonds is 2. The summed E-state index contributed by atoms with van der Waals surface area (Å²) in [5, 5.41) is 3.54. The minimum atomic E-state index is -0.166. The number of ether oxygens (including phenoxy) is 1. The smallest absolute Gasteiger partial charge is 0.231 e. The summed E-state index contributed by atoms with van der Waals surface area (Å²) in [4.78, 5) is 12.2. The zero-order valence-corrected chi connectivity index (χ0v) is 11.6. The Labute approximate surface area is 122 Å². The molecule has 20 heavy (non-hydrogen) atoms. The minimum absolute atomic E-state index is 0.0261. The van der Waals surface area contributed by atoms with Crippen molar-refractivity contribution < 1.29 is 9.53 Å². The molecule has 1 aliphatic rings. The molecule has 0 aliphatic carbocycles. The number of para-hydroxylation sites is 1. The molecular formula is C16H14ClNO2. The van der Waals surface area contributed by atoms with E-state index in [0.717, 1.165) is 17.0 Å². The van der Waals surface area contributed by atoms with Crippen LogP contribution in [0.3, 0.4) is 0 Å². The summed E-state index contributed by atoms with van der Waals surface area (Å²) in [5.74, 6) is 0.686. The Morgan fingerprint density at radius 1 is 1.15 bits per heavy atom. The first kappa shape index (κ1) is 13.0. The van der Waals surface area contributed by atoms with Gasteiger partial charge in [0.25, 0.3) is 0 Å². The average molecular weight is 288 g/mol. The molecule has 1 atom stereocenters. The molecule has 1 amide bonds. The van der Waals surface area contributed by atoms with Gasteiger partial charge in [0.05, 0.1) is 5.92 Å². The topological polar surface area (TPSA) is 38.3 Å². The van der Waals surface area contributed by atoms with Crippen molar-refractivity contribution in [2.45, 2.75) is 6.42 Å². The van der Waals surface area contributed by atoms with Crippen LogP contribution in [0.1, 0.15) is 5.56 Å². The molecule has 4 heteroatoms. The van der Waals surface area contributed by atoms with Gasteiger partial charge in [-0.15, -0.1) is 0 Å². The van der Waals surface area contributed by atoms with Crippen LogP contribution >= 0.6 is 11.6 Å². The fraction of sp³-hybridized carbons (Fsp3) is 0.188. The van der Waals surface area contributed by atoms with Gasteiger partial charge >= 0.3 is 0 Å². The largest absolute Gasteiger partial charge is 0.492 e. The second-order valence-electron chi connectivity index (χ2n) is 4.82. The molecule has 102 valence electrons. The molecule has 0 saturated carbocycles. The Hall–Kier alpha value is -2.00. The van der Waals surface area contributed by atoms with E-state index >= 15 is 0 Å². The molecule has 3 rings (SSSR count). The summed E-state index contributed by atoms with van der Waals surface area (Å²) in [7, 11) is 0. The number of nitrogens with one attached hydrogen (secondary N) is 1. The fourth-order valence-corrected chi connectivity index (χ4v) is 2.40. The van der Waals surface area contributed by atoms with Crippen molar-refractivity contribution in [3.05, 3.63) is 59.1 Å². The average Bonchev–Trinajstić information content (AvgIpc) is 2.49. The first-order valence-electron chi connectivity index (χ1n) is 6.49. The van der Waals surface area contributed by atoms with Crippen LogP contribution in [0.15, 0.2) is 48.5 Å². The van der Waals surface area contributed by atoms with Crippen LogP contribution in [0.4, 0.5) is 5.69 Å². The number of anilines is 1. The SMILES string of the molecule is O=C(Nc1ccc(Cl)cc1)[C@@H]1COc2ccccc2C1. The van der Waals surface area contributed by atoms with Crippen molar-refractivity contribution in [3.63, 3.8) is 0 Å². The molecule has 0 aromatic heterocycles. The number of amides is 1. The Bertz CT molecular complexity index is 625. The van der Waals surface area contributed by atoms with Gasteiger partial charge in [0.2, 0.25) is 5.91 Å². The summed E-state index contributed by atoms with van der Waals surface area (Å²) < 4.78 is 5.63. The van der Waals surface area contributed by atoms with E-state index in [-0.39, 0.29) is 11.8 Å². The van der Waals surface area contributed by atoms with E-state index in [1.807, 2.05) is 24.3 Å². The lowest BCUT2D eigenvalue weighted by Crippen LogP contribution is -2.32. The van der Waals surface area contributed by atoms with E-state index in [2.05, 4.69) is 5.32 Å². The predicted octanol–water partition coefficient (Wildman–Crippen LogP) is 3.53. The van der Waals surface area contributed by atoms with E-state index in [9.17, 15) is 4.79 Å². The number of benzene rings is 2. The lowest BCUT2D eigenvalue weighted by atomic mass is 9.96. The van der Waals surface area contributed by atoms with Crippen molar-refractivity contribution in [1.29, 1.82) is 0 Å². The van der Waals surface area contributed by atoms with E-state index in [1.54, 1.807) is 24.3 Å². The molecule has 0 bridgehead atoms. The van der Waals surface area contributed by atoms with Gasteiger partial charge in [-0.3, -0.25) is 4.79 Å². The molecule has 2 aromatic carbocycles. The third-order valence-corrected chi connectivity index (χ3v) is 3.61. The molecule has 1 N–H and O–H groups in total. The lowest BCUT2D eigenvalue weighted by molar-refractivity contribution is -0.121. The van der Waals surface area contributed by atoms with E-state index < -0.39 is 0 Å². The highest BCUT2D eigenvalue weighted by Crippen LogP contribution is 2.27. The Kier molecular flexibility index (Phi) is 3.61. The van der Waals surface area contributed by atoms with Crippen molar-refractivity contribution in [3.8, 4) is 5.75 Å². The fourth-order valence-electron chi connectivity index (χ4n) is 2.27. The molecule has 3 nitrogen and oxygen atoms in total. The van der Waals surface area contributed by atoms with Gasteiger partial charge in [0.15, 0.2) is 0 Å². The van der Waals surface area contributed by atoms with Crippen LogP contribution in [0.2, 0.25) is 5.02 Å². The van der Waals surface area contributed by atoms with E-state index in [0.29, 0.717) is 18.1 Å². The van der Waals surface area contributed by atoms with Gasteiger partial charge in [-0.2, -0.15) is 0 Å². The van der Waals surface area contributed by atoms with E-state index in [4.69, 9.17) is 16.3 Å². The van der Waals surface area contributed by atoms with Gasteiger partial charge in [0.1, 0.15) is 12.4 Å².